The van der Waals surface area contributed by atoms with Gasteiger partial charge in [-0.15, -0.1) is 0 Å². The molecule has 0 unspecified atom stereocenters. The lowest BCUT2D eigenvalue weighted by molar-refractivity contribution is -0.0663. The van der Waals surface area contributed by atoms with Crippen molar-refractivity contribution in [3.63, 3.8) is 0 Å². The summed E-state index contributed by atoms with van der Waals surface area (Å²) in [6, 6.07) is 4.26. The van der Waals surface area contributed by atoms with Crippen molar-refractivity contribution in [2.24, 2.45) is 0 Å². The number of ether oxygens (including phenoxy) is 2. The minimum absolute atomic E-state index is 0.148. The summed E-state index contributed by atoms with van der Waals surface area (Å²) in [4.78, 5) is 12.6. The number of ketones is 1. The van der Waals surface area contributed by atoms with Gasteiger partial charge in [-0.3, -0.25) is 4.79 Å². The van der Waals surface area contributed by atoms with Crippen molar-refractivity contribution in [2.75, 3.05) is 20.3 Å². The number of benzene rings is 1. The number of hydrogen-bond acceptors (Lipinski definition) is 3. The highest BCUT2D eigenvalue weighted by Gasteiger charge is 2.41. The molecule has 0 aliphatic carbocycles. The molecule has 1 fully saturated rings. The largest absolute Gasteiger partial charge is 0.381 e. The van der Waals surface area contributed by atoms with Gasteiger partial charge < -0.3 is 9.47 Å². The van der Waals surface area contributed by atoms with E-state index in [1.165, 1.54) is 19.2 Å². The molecule has 18 heavy (non-hydrogen) atoms. The third-order valence-electron chi connectivity index (χ3n) is 3.55. The van der Waals surface area contributed by atoms with E-state index < -0.39 is 11.4 Å². The molecule has 0 spiro atoms. The molecule has 0 amide bonds. The van der Waals surface area contributed by atoms with E-state index in [1.54, 1.807) is 13.0 Å². The predicted octanol–water partition coefficient (Wildman–Crippen LogP) is 2.51. The van der Waals surface area contributed by atoms with Crippen molar-refractivity contribution >= 4 is 5.78 Å². The van der Waals surface area contributed by atoms with Crippen LogP contribution in [0.5, 0.6) is 0 Å². The van der Waals surface area contributed by atoms with Gasteiger partial charge in [-0.2, -0.15) is 0 Å². The summed E-state index contributed by atoms with van der Waals surface area (Å²) in [5.41, 5.74) is 0.305. The summed E-state index contributed by atoms with van der Waals surface area (Å²) in [5, 5.41) is 0. The monoisotopic (exact) mass is 252 g/mol. The summed E-state index contributed by atoms with van der Waals surface area (Å²) in [6.45, 7) is 2.79. The van der Waals surface area contributed by atoms with Crippen LogP contribution >= 0.6 is 0 Å². The first-order valence-electron chi connectivity index (χ1n) is 6.03. The van der Waals surface area contributed by atoms with Crippen LogP contribution in [0.15, 0.2) is 18.2 Å². The molecule has 4 heteroatoms. The van der Waals surface area contributed by atoms with E-state index in [0.29, 0.717) is 31.6 Å². The van der Waals surface area contributed by atoms with Crippen LogP contribution in [0.4, 0.5) is 4.39 Å². The summed E-state index contributed by atoms with van der Waals surface area (Å²) in [5.74, 6) is -0.549. The second-order valence-electron chi connectivity index (χ2n) is 4.60. The highest BCUT2D eigenvalue weighted by Crippen LogP contribution is 2.30. The van der Waals surface area contributed by atoms with E-state index in [4.69, 9.17) is 9.47 Å². The molecule has 0 atom stereocenters. The fourth-order valence-corrected chi connectivity index (χ4v) is 2.31. The van der Waals surface area contributed by atoms with Gasteiger partial charge in [0.25, 0.3) is 0 Å². The maximum atomic E-state index is 13.3. The molecule has 0 N–H and O–H groups in total. The van der Waals surface area contributed by atoms with E-state index in [1.807, 2.05) is 0 Å². The first-order valence-corrected chi connectivity index (χ1v) is 6.03. The average Bonchev–Trinajstić information content (AvgIpc) is 2.41. The van der Waals surface area contributed by atoms with Gasteiger partial charge in [0.15, 0.2) is 5.78 Å². The lowest BCUT2D eigenvalue weighted by Crippen LogP contribution is -2.46. The fraction of sp³-hybridized carbons (Fsp3) is 0.500. The Kier molecular flexibility index (Phi) is 3.78. The number of Topliss-reactive ketones (excluding diaryl/α,β-unsaturated/α-hetero) is 1. The molecule has 1 aliphatic rings. The van der Waals surface area contributed by atoms with Crippen molar-refractivity contribution in [2.45, 2.75) is 25.4 Å². The molecular formula is C14H17FO3. The Hall–Kier alpha value is -1.26. The van der Waals surface area contributed by atoms with Gasteiger partial charge in [0.2, 0.25) is 0 Å². The molecule has 1 saturated heterocycles. The smallest absolute Gasteiger partial charge is 0.195 e. The Morgan fingerprint density at radius 1 is 1.39 bits per heavy atom. The third-order valence-corrected chi connectivity index (χ3v) is 3.55. The SMILES string of the molecule is COC1(C(=O)c2cc(F)ccc2C)CCOCC1. The maximum absolute atomic E-state index is 13.3. The summed E-state index contributed by atoms with van der Waals surface area (Å²) in [7, 11) is 1.53. The van der Waals surface area contributed by atoms with Gasteiger partial charge in [0.05, 0.1) is 0 Å². The Bertz CT molecular complexity index is 450. The molecule has 3 nitrogen and oxygen atoms in total. The molecule has 1 aliphatic heterocycles. The quantitative estimate of drug-likeness (QED) is 0.775. The topological polar surface area (TPSA) is 35.5 Å². The molecular weight excluding hydrogens is 235 g/mol. The molecule has 1 aromatic rings. The van der Waals surface area contributed by atoms with Crippen molar-refractivity contribution in [3.05, 3.63) is 35.1 Å². The molecule has 0 radical (unpaired) electrons. The zero-order valence-electron chi connectivity index (χ0n) is 10.7. The van der Waals surface area contributed by atoms with Crippen LogP contribution in [0.1, 0.15) is 28.8 Å². The number of halogens is 1. The number of carbonyl (C=O) groups is 1. The number of rotatable bonds is 3. The number of methoxy groups -OCH3 is 1. The number of hydrogen-bond donors (Lipinski definition) is 0. The van der Waals surface area contributed by atoms with Crippen LogP contribution in [0.3, 0.4) is 0 Å². The van der Waals surface area contributed by atoms with Gasteiger partial charge in [-0.25, -0.2) is 4.39 Å². The summed E-state index contributed by atoms with van der Waals surface area (Å²) in [6.07, 6.45) is 1.02. The molecule has 0 bridgehead atoms. The van der Waals surface area contributed by atoms with Gasteiger partial charge >= 0.3 is 0 Å². The summed E-state index contributed by atoms with van der Waals surface area (Å²) >= 11 is 0. The maximum Gasteiger partial charge on any atom is 0.195 e. The van der Waals surface area contributed by atoms with Crippen molar-refractivity contribution in [1.82, 2.24) is 0 Å². The number of carbonyl (C=O) groups excluding carboxylic acids is 1. The van der Waals surface area contributed by atoms with Crippen LogP contribution < -0.4 is 0 Å². The van der Waals surface area contributed by atoms with Gasteiger partial charge in [-0.1, -0.05) is 6.07 Å². The first kappa shape index (κ1) is 13.2. The zero-order valence-corrected chi connectivity index (χ0v) is 10.7. The van der Waals surface area contributed by atoms with Crippen LogP contribution in [-0.2, 0) is 9.47 Å². The van der Waals surface area contributed by atoms with Gasteiger partial charge in [0.1, 0.15) is 11.4 Å². The van der Waals surface area contributed by atoms with E-state index in [0.717, 1.165) is 5.56 Å². The van der Waals surface area contributed by atoms with Gasteiger partial charge in [0, 0.05) is 38.7 Å². The molecule has 1 heterocycles. The Balaban J connectivity index is 2.36. The highest BCUT2D eigenvalue weighted by atomic mass is 19.1. The normalized spacial score (nSPS) is 18.6. The van der Waals surface area contributed by atoms with Crippen LogP contribution in [0.2, 0.25) is 0 Å². The van der Waals surface area contributed by atoms with Crippen LogP contribution in [-0.4, -0.2) is 31.7 Å². The van der Waals surface area contributed by atoms with Gasteiger partial charge in [-0.05, 0) is 24.6 Å². The molecule has 98 valence electrons. The first-order chi connectivity index (χ1) is 8.59. The van der Waals surface area contributed by atoms with E-state index in [2.05, 4.69) is 0 Å². The Labute approximate surface area is 106 Å². The highest BCUT2D eigenvalue weighted by molar-refractivity contribution is 6.03. The van der Waals surface area contributed by atoms with Crippen molar-refractivity contribution in [1.29, 1.82) is 0 Å². The van der Waals surface area contributed by atoms with Crippen molar-refractivity contribution < 1.29 is 18.7 Å². The minimum Gasteiger partial charge on any atom is -0.381 e. The van der Waals surface area contributed by atoms with E-state index >= 15 is 0 Å². The Morgan fingerprint density at radius 2 is 2.06 bits per heavy atom. The molecule has 1 aromatic carbocycles. The zero-order chi connectivity index (χ0) is 13.2. The average molecular weight is 252 g/mol. The summed E-state index contributed by atoms with van der Waals surface area (Å²) < 4.78 is 24.0. The lowest BCUT2D eigenvalue weighted by Gasteiger charge is -2.34. The van der Waals surface area contributed by atoms with Crippen molar-refractivity contribution in [3.8, 4) is 0 Å². The van der Waals surface area contributed by atoms with Crippen LogP contribution in [0, 0.1) is 12.7 Å². The predicted molar refractivity (Wildman–Crippen MR) is 65.3 cm³/mol. The molecule has 0 aromatic heterocycles. The number of aryl methyl sites for hydroxylation is 1. The van der Waals surface area contributed by atoms with E-state index in [9.17, 15) is 9.18 Å². The molecule has 2 rings (SSSR count). The Morgan fingerprint density at radius 3 is 2.67 bits per heavy atom. The fourth-order valence-electron chi connectivity index (χ4n) is 2.31. The third kappa shape index (κ3) is 2.31. The van der Waals surface area contributed by atoms with Crippen LogP contribution in [0.25, 0.3) is 0 Å². The standard InChI is InChI=1S/C14H17FO3/c1-10-3-4-11(15)9-12(10)13(16)14(17-2)5-7-18-8-6-14/h3-4,9H,5-8H2,1-2H3. The second-order valence-corrected chi connectivity index (χ2v) is 4.60. The lowest BCUT2D eigenvalue weighted by atomic mass is 9.84. The van der Waals surface area contributed by atoms with E-state index in [-0.39, 0.29) is 5.78 Å². The minimum atomic E-state index is -0.864. The molecule has 0 saturated carbocycles. The second kappa shape index (κ2) is 5.16.